The number of nitrogens with zero attached hydrogens (tertiary/aromatic N) is 1. The van der Waals surface area contributed by atoms with Gasteiger partial charge in [0.1, 0.15) is 0 Å². The van der Waals surface area contributed by atoms with Gasteiger partial charge in [0, 0.05) is 48.0 Å². The van der Waals surface area contributed by atoms with E-state index in [1.165, 1.54) is 28.6 Å². The third-order valence-electron chi connectivity index (χ3n) is 6.20. The predicted molar refractivity (Wildman–Crippen MR) is 135 cm³/mol. The van der Waals surface area contributed by atoms with Crippen LogP contribution in [0.1, 0.15) is 56.9 Å². The predicted octanol–water partition coefficient (Wildman–Crippen LogP) is 6.48. The van der Waals surface area contributed by atoms with E-state index in [0.29, 0.717) is 17.9 Å². The number of hydrogen-bond acceptors (Lipinski definition) is 3. The van der Waals surface area contributed by atoms with Crippen molar-refractivity contribution in [3.63, 3.8) is 0 Å². The van der Waals surface area contributed by atoms with Crippen LogP contribution in [0.15, 0.2) is 60.5 Å². The summed E-state index contributed by atoms with van der Waals surface area (Å²) >= 11 is 0. The Morgan fingerprint density at radius 3 is 2.58 bits per heavy atom. The molecule has 1 aromatic rings. The topological polar surface area (TPSA) is 39.1 Å². The molecule has 0 saturated carbocycles. The normalized spacial score (nSPS) is 18.5. The molecule has 3 rings (SSSR count). The first-order valence-electron chi connectivity index (χ1n) is 11.3. The highest BCUT2D eigenvalue weighted by Crippen LogP contribution is 2.42. The smallest absolute Gasteiger partial charge is 0.0491 e. The van der Waals surface area contributed by atoms with Crippen LogP contribution < -0.4 is 5.32 Å². The lowest BCUT2D eigenvalue weighted by Gasteiger charge is -2.43. The van der Waals surface area contributed by atoms with Crippen LogP contribution in [-0.2, 0) is 6.42 Å². The first-order valence-corrected chi connectivity index (χ1v) is 11.3. The van der Waals surface area contributed by atoms with Gasteiger partial charge in [-0.3, -0.25) is 0 Å². The largest absolute Gasteiger partial charge is 0.390 e. The van der Waals surface area contributed by atoms with Gasteiger partial charge in [0.25, 0.3) is 0 Å². The van der Waals surface area contributed by atoms with Crippen LogP contribution in [-0.4, -0.2) is 23.7 Å². The summed E-state index contributed by atoms with van der Waals surface area (Å²) in [6, 6.07) is 4.96. The summed E-state index contributed by atoms with van der Waals surface area (Å²) in [5.74, 6) is 1.06. The van der Waals surface area contributed by atoms with Crippen LogP contribution in [0.3, 0.4) is 0 Å². The van der Waals surface area contributed by atoms with Gasteiger partial charge in [-0.1, -0.05) is 46.9 Å². The highest BCUT2D eigenvalue weighted by atomic mass is 15.2. The number of nitrogens with one attached hydrogen (secondary N) is 2. The monoisotopic (exact) mass is 415 g/mol. The van der Waals surface area contributed by atoms with E-state index in [0.717, 1.165) is 40.8 Å². The van der Waals surface area contributed by atoms with Gasteiger partial charge in [-0.05, 0) is 77.7 Å². The van der Waals surface area contributed by atoms with Gasteiger partial charge in [-0.25, -0.2) is 0 Å². The van der Waals surface area contributed by atoms with E-state index in [1.54, 1.807) is 0 Å². The van der Waals surface area contributed by atoms with Crippen LogP contribution in [0.2, 0.25) is 0 Å². The second-order valence-electron chi connectivity index (χ2n) is 9.67. The van der Waals surface area contributed by atoms with Crippen molar-refractivity contribution in [3.8, 4) is 0 Å². The van der Waals surface area contributed by atoms with Crippen molar-refractivity contribution < 1.29 is 0 Å². The van der Waals surface area contributed by atoms with Crippen molar-refractivity contribution in [2.45, 2.75) is 54.0 Å². The lowest BCUT2D eigenvalue weighted by atomic mass is 9.81. The third kappa shape index (κ3) is 4.61. The maximum atomic E-state index is 7.98. The maximum Gasteiger partial charge on any atom is 0.0491 e. The molecule has 1 aromatic carbocycles. The fourth-order valence-corrected chi connectivity index (χ4v) is 4.44. The molecule has 0 radical (unpaired) electrons. The molecule has 2 N–H and O–H groups in total. The molecule has 164 valence electrons. The number of aryl methyl sites for hydroxylation is 1. The molecule has 1 unspecified atom stereocenters. The lowest BCUT2D eigenvalue weighted by Crippen LogP contribution is -2.41. The fraction of sp³-hybridized carbons (Fsp3) is 0.393. The van der Waals surface area contributed by atoms with Crippen LogP contribution in [0, 0.1) is 24.2 Å². The summed E-state index contributed by atoms with van der Waals surface area (Å²) in [6.45, 7) is 22.5. The molecule has 31 heavy (non-hydrogen) atoms. The summed E-state index contributed by atoms with van der Waals surface area (Å²) in [5, 5.41) is 11.4. The van der Waals surface area contributed by atoms with Crippen molar-refractivity contribution in [1.29, 1.82) is 5.41 Å². The number of rotatable bonds is 7. The number of allylic oxidation sites excluding steroid dienone is 5. The fourth-order valence-electron chi connectivity index (χ4n) is 4.44. The van der Waals surface area contributed by atoms with Gasteiger partial charge in [0.15, 0.2) is 0 Å². The molecule has 0 fully saturated rings. The summed E-state index contributed by atoms with van der Waals surface area (Å²) < 4.78 is 0. The van der Waals surface area contributed by atoms with E-state index in [2.05, 4.69) is 82.4 Å². The zero-order valence-electron chi connectivity index (χ0n) is 20.0. The van der Waals surface area contributed by atoms with Crippen molar-refractivity contribution in [2.75, 3.05) is 6.54 Å². The molecular formula is C28H37N3. The average Bonchev–Trinajstić information content (AvgIpc) is 2.69. The van der Waals surface area contributed by atoms with Crippen molar-refractivity contribution in [3.05, 3.63) is 82.7 Å². The molecule has 0 aromatic heterocycles. The van der Waals surface area contributed by atoms with Gasteiger partial charge in [-0.2, -0.15) is 0 Å². The average molecular weight is 416 g/mol. The van der Waals surface area contributed by atoms with Gasteiger partial charge >= 0.3 is 0 Å². The molecular weight excluding hydrogens is 378 g/mol. The van der Waals surface area contributed by atoms with Gasteiger partial charge < -0.3 is 15.6 Å². The van der Waals surface area contributed by atoms with E-state index >= 15 is 0 Å². The Balaban J connectivity index is 2.09. The summed E-state index contributed by atoms with van der Waals surface area (Å²) in [5.41, 5.74) is 10.3. The SMILES string of the molecule is C=C(C)C1=CN2C(=CC1=C)c1cc(C)c(/C(C=N)=C/NCC(C)C)cc1CC2C(C)C. The first-order chi connectivity index (χ1) is 14.6. The molecule has 1 atom stereocenters. The molecule has 0 spiro atoms. The van der Waals surface area contributed by atoms with E-state index in [1.807, 2.05) is 13.1 Å². The standard InChI is InChI=1S/C28H37N3/c1-17(2)14-30-15-23(13-29)24-11-22-12-27(19(5)6)31-16-26(18(3)4)21(8)10-28(31)25(22)9-20(24)7/h9-11,13,15-17,19,27,29-30H,3,8,12,14H2,1-2,4-7H3/b23-15+,29-13?. The molecule has 2 aliphatic rings. The Morgan fingerprint density at radius 1 is 1.29 bits per heavy atom. The number of fused-ring (bicyclic) bond motifs is 3. The van der Waals surface area contributed by atoms with E-state index in [9.17, 15) is 0 Å². The molecule has 0 amide bonds. The molecule has 3 heteroatoms. The maximum absolute atomic E-state index is 7.98. The zero-order chi connectivity index (χ0) is 22.9. The molecule has 0 saturated heterocycles. The van der Waals surface area contributed by atoms with Crippen LogP contribution >= 0.6 is 0 Å². The summed E-state index contributed by atoms with van der Waals surface area (Å²) in [6.07, 6.45) is 8.89. The Kier molecular flexibility index (Phi) is 6.74. The Bertz CT molecular complexity index is 1000. The molecule has 0 aliphatic carbocycles. The summed E-state index contributed by atoms with van der Waals surface area (Å²) in [7, 11) is 0. The van der Waals surface area contributed by atoms with Crippen LogP contribution in [0.4, 0.5) is 0 Å². The van der Waals surface area contributed by atoms with Crippen LogP contribution in [0.5, 0.6) is 0 Å². The molecule has 2 aliphatic heterocycles. The Labute approximate surface area is 188 Å². The number of benzene rings is 1. The quantitative estimate of drug-likeness (QED) is 0.500. The molecule has 2 heterocycles. The highest BCUT2D eigenvalue weighted by Gasteiger charge is 2.33. The zero-order valence-corrected chi connectivity index (χ0v) is 20.0. The van der Waals surface area contributed by atoms with Crippen LogP contribution in [0.25, 0.3) is 11.3 Å². The second kappa shape index (κ2) is 9.13. The van der Waals surface area contributed by atoms with Crippen molar-refractivity contribution >= 4 is 17.5 Å². The van der Waals surface area contributed by atoms with E-state index in [4.69, 9.17) is 5.41 Å². The second-order valence-corrected chi connectivity index (χ2v) is 9.67. The van der Waals surface area contributed by atoms with Gasteiger partial charge in [-0.15, -0.1) is 0 Å². The highest BCUT2D eigenvalue weighted by molar-refractivity contribution is 6.09. The first kappa shape index (κ1) is 22.9. The molecule has 3 nitrogen and oxygen atoms in total. The van der Waals surface area contributed by atoms with Gasteiger partial charge in [0.2, 0.25) is 0 Å². The minimum Gasteiger partial charge on any atom is -0.390 e. The third-order valence-corrected chi connectivity index (χ3v) is 6.20. The van der Waals surface area contributed by atoms with Gasteiger partial charge in [0.05, 0.1) is 0 Å². The summed E-state index contributed by atoms with van der Waals surface area (Å²) in [4.78, 5) is 2.43. The van der Waals surface area contributed by atoms with Crippen molar-refractivity contribution in [2.24, 2.45) is 11.8 Å². The number of hydrogen-bond donors (Lipinski definition) is 2. The van der Waals surface area contributed by atoms with E-state index in [-0.39, 0.29) is 0 Å². The minimum absolute atomic E-state index is 0.378. The van der Waals surface area contributed by atoms with E-state index < -0.39 is 0 Å². The minimum atomic E-state index is 0.378. The Hall–Kier alpha value is -2.81. The van der Waals surface area contributed by atoms with Crippen molar-refractivity contribution in [1.82, 2.24) is 10.2 Å². The molecule has 0 bridgehead atoms. The lowest BCUT2D eigenvalue weighted by molar-refractivity contribution is 0.284. The Morgan fingerprint density at radius 2 is 2.00 bits per heavy atom.